The zero-order chi connectivity index (χ0) is 37.9. The van der Waals surface area contributed by atoms with Gasteiger partial charge in [-0.2, -0.15) is 0 Å². The Labute approximate surface area is 332 Å². The molecule has 0 unspecified atom stereocenters. The fraction of sp³-hybridized carbons (Fsp3) is 0. The zero-order valence-electron chi connectivity index (χ0n) is 31.1. The molecule has 1 aliphatic carbocycles. The molecule has 1 aliphatic rings. The lowest BCUT2D eigenvalue weighted by atomic mass is 9.93. The third kappa shape index (κ3) is 4.44. The highest BCUT2D eigenvalue weighted by molar-refractivity contribution is 6.30. The van der Waals surface area contributed by atoms with Crippen LogP contribution in [0.15, 0.2) is 188 Å². The van der Waals surface area contributed by atoms with Crippen molar-refractivity contribution < 1.29 is 0 Å². The van der Waals surface area contributed by atoms with Gasteiger partial charge in [-0.05, 0) is 97.4 Å². The molecule has 0 N–H and O–H groups in total. The third-order valence-corrected chi connectivity index (χ3v) is 12.1. The molecule has 0 radical (unpaired) electrons. The number of aromatic nitrogens is 5. The minimum atomic E-state index is 0.651. The number of hydrogen-bond donors (Lipinski definition) is 0. The molecule has 3 heterocycles. The van der Waals surface area contributed by atoms with Gasteiger partial charge < -0.3 is 4.57 Å². The van der Waals surface area contributed by atoms with Crippen molar-refractivity contribution in [3.63, 3.8) is 0 Å². The molecule has 0 bridgehead atoms. The van der Waals surface area contributed by atoms with Crippen molar-refractivity contribution in [1.29, 1.82) is 0 Å². The zero-order valence-corrected chi connectivity index (χ0v) is 31.1. The average molecular weight is 738 g/mol. The van der Waals surface area contributed by atoms with Crippen molar-refractivity contribution in [1.82, 2.24) is 24.1 Å². The van der Waals surface area contributed by atoms with Crippen molar-refractivity contribution in [3.8, 4) is 61.7 Å². The summed E-state index contributed by atoms with van der Waals surface area (Å²) in [7, 11) is 0. The van der Waals surface area contributed by atoms with E-state index < -0.39 is 0 Å². The third-order valence-electron chi connectivity index (χ3n) is 12.1. The van der Waals surface area contributed by atoms with E-state index >= 15 is 0 Å². The molecule has 12 aromatic rings. The number of hydrogen-bond acceptors (Lipinski definition) is 3. The molecule has 0 atom stereocenters. The summed E-state index contributed by atoms with van der Waals surface area (Å²) in [5.41, 5.74) is 16.1. The van der Waals surface area contributed by atoms with Gasteiger partial charge in [-0.15, -0.1) is 5.10 Å². The first-order chi connectivity index (χ1) is 28.7. The van der Waals surface area contributed by atoms with E-state index in [1.807, 2.05) is 22.7 Å². The van der Waals surface area contributed by atoms with Gasteiger partial charge in [0, 0.05) is 27.6 Å². The topological polar surface area (TPSA) is 48.0 Å². The Morgan fingerprint density at radius 1 is 0.362 bits per heavy atom. The summed E-state index contributed by atoms with van der Waals surface area (Å²) in [4.78, 5) is 10.4. The number of para-hydroxylation sites is 2. The molecule has 0 aliphatic heterocycles. The summed E-state index contributed by atoms with van der Waals surface area (Å²) >= 11 is 0. The molecule has 0 spiro atoms. The standard InChI is InChI=1S/C53H31N5/c1-2-11-36-30-37(27-24-32(36)10-1)33-22-25-35(26-23-33)51-53-55-52(56-58(53)45-20-6-5-19-44(45)54-51)38-13-7-14-39(31-38)57-46-21-9-18-43-41-16-4-3-15-40(41)42-17-8-12-34-28-29-47(57)50(48(34)42)49(43)46/h1-31H. The maximum absolute atomic E-state index is 5.25. The molecule has 0 saturated carbocycles. The second-order valence-electron chi connectivity index (χ2n) is 15.3. The van der Waals surface area contributed by atoms with Crippen LogP contribution in [0.1, 0.15) is 0 Å². The smallest absolute Gasteiger partial charge is 0.182 e. The summed E-state index contributed by atoms with van der Waals surface area (Å²) in [6.07, 6.45) is 0. The summed E-state index contributed by atoms with van der Waals surface area (Å²) in [5.74, 6) is 0.651. The molecular formula is C53H31N5. The van der Waals surface area contributed by atoms with Gasteiger partial charge in [0.1, 0.15) is 5.69 Å². The van der Waals surface area contributed by atoms with Gasteiger partial charge in [0.25, 0.3) is 0 Å². The van der Waals surface area contributed by atoms with E-state index in [-0.39, 0.29) is 0 Å². The van der Waals surface area contributed by atoms with Crippen LogP contribution in [0.2, 0.25) is 0 Å². The number of benzene rings is 9. The second kappa shape index (κ2) is 11.8. The van der Waals surface area contributed by atoms with Crippen LogP contribution < -0.4 is 0 Å². The normalized spacial score (nSPS) is 12.1. The van der Waals surface area contributed by atoms with Crippen molar-refractivity contribution in [2.45, 2.75) is 0 Å². The van der Waals surface area contributed by atoms with E-state index in [0.717, 1.165) is 44.8 Å². The van der Waals surface area contributed by atoms with E-state index in [1.54, 1.807) is 0 Å². The van der Waals surface area contributed by atoms with Gasteiger partial charge in [-0.1, -0.05) is 146 Å². The Balaban J connectivity index is 0.979. The van der Waals surface area contributed by atoms with Gasteiger partial charge >= 0.3 is 0 Å². The van der Waals surface area contributed by atoms with Gasteiger partial charge in [0.2, 0.25) is 0 Å². The van der Waals surface area contributed by atoms with Crippen LogP contribution in [0.5, 0.6) is 0 Å². The predicted molar refractivity (Wildman–Crippen MR) is 238 cm³/mol. The quantitative estimate of drug-likeness (QED) is 0.181. The Bertz CT molecular complexity index is 3680. The molecule has 0 saturated heterocycles. The molecule has 268 valence electrons. The summed E-state index contributed by atoms with van der Waals surface area (Å²) < 4.78 is 4.37. The molecule has 3 aromatic heterocycles. The molecule has 9 aromatic carbocycles. The fourth-order valence-corrected chi connectivity index (χ4v) is 9.44. The largest absolute Gasteiger partial charge is 0.309 e. The van der Waals surface area contributed by atoms with Gasteiger partial charge in [0.05, 0.1) is 22.1 Å². The van der Waals surface area contributed by atoms with Crippen LogP contribution in [-0.4, -0.2) is 24.1 Å². The van der Waals surface area contributed by atoms with E-state index in [2.05, 4.69) is 174 Å². The van der Waals surface area contributed by atoms with Crippen molar-refractivity contribution in [2.75, 3.05) is 0 Å². The molecule has 0 fully saturated rings. The Hall–Kier alpha value is -7.89. The second-order valence-corrected chi connectivity index (χ2v) is 15.3. The number of rotatable bonds is 4. The minimum Gasteiger partial charge on any atom is -0.309 e. The maximum Gasteiger partial charge on any atom is 0.182 e. The van der Waals surface area contributed by atoms with Crippen LogP contribution in [0, 0.1) is 0 Å². The van der Waals surface area contributed by atoms with Gasteiger partial charge in [-0.25, -0.2) is 14.5 Å². The predicted octanol–water partition coefficient (Wildman–Crippen LogP) is 13.3. The molecule has 5 nitrogen and oxygen atoms in total. The van der Waals surface area contributed by atoms with Crippen molar-refractivity contribution in [2.24, 2.45) is 0 Å². The molecule has 58 heavy (non-hydrogen) atoms. The summed E-state index contributed by atoms with van der Waals surface area (Å²) in [5, 5.41) is 12.8. The van der Waals surface area contributed by atoms with Crippen LogP contribution in [0.25, 0.3) is 122 Å². The average Bonchev–Trinajstić information content (AvgIpc) is 3.86. The Kier molecular flexibility index (Phi) is 6.38. The molecule has 0 amide bonds. The number of fused-ring (bicyclic) bond motifs is 7. The first kappa shape index (κ1) is 31.3. The lowest BCUT2D eigenvalue weighted by molar-refractivity contribution is 1.00. The van der Waals surface area contributed by atoms with Crippen LogP contribution in [0.4, 0.5) is 0 Å². The monoisotopic (exact) mass is 737 g/mol. The minimum absolute atomic E-state index is 0.651. The van der Waals surface area contributed by atoms with E-state index in [1.165, 1.54) is 71.2 Å². The number of nitrogens with zero attached hydrogens (tertiary/aromatic N) is 5. The van der Waals surface area contributed by atoms with Crippen LogP contribution in [-0.2, 0) is 0 Å². The summed E-state index contributed by atoms with van der Waals surface area (Å²) in [6, 6.07) is 67.4. The van der Waals surface area contributed by atoms with Gasteiger partial charge in [0.15, 0.2) is 11.5 Å². The summed E-state index contributed by atoms with van der Waals surface area (Å²) in [6.45, 7) is 0. The van der Waals surface area contributed by atoms with Crippen molar-refractivity contribution in [3.05, 3.63) is 188 Å². The first-order valence-corrected chi connectivity index (χ1v) is 19.7. The van der Waals surface area contributed by atoms with E-state index in [0.29, 0.717) is 5.82 Å². The molecule has 13 rings (SSSR count). The highest BCUT2D eigenvalue weighted by Gasteiger charge is 2.25. The lowest BCUT2D eigenvalue weighted by Gasteiger charge is -2.14. The highest BCUT2D eigenvalue weighted by Crippen LogP contribution is 2.49. The molecular weight excluding hydrogens is 707 g/mol. The van der Waals surface area contributed by atoms with Crippen LogP contribution in [0.3, 0.4) is 0 Å². The first-order valence-electron chi connectivity index (χ1n) is 19.7. The van der Waals surface area contributed by atoms with Crippen molar-refractivity contribution >= 4 is 60.0 Å². The van der Waals surface area contributed by atoms with E-state index in [9.17, 15) is 0 Å². The lowest BCUT2D eigenvalue weighted by Crippen LogP contribution is -1.97. The van der Waals surface area contributed by atoms with Gasteiger partial charge in [-0.3, -0.25) is 0 Å². The van der Waals surface area contributed by atoms with E-state index in [4.69, 9.17) is 15.1 Å². The van der Waals surface area contributed by atoms with Crippen LogP contribution >= 0.6 is 0 Å². The highest BCUT2D eigenvalue weighted by atomic mass is 15.3. The fourth-order valence-electron chi connectivity index (χ4n) is 9.44. The Morgan fingerprint density at radius 2 is 1.00 bits per heavy atom. The maximum atomic E-state index is 5.25. The Morgan fingerprint density at radius 3 is 1.88 bits per heavy atom. The SMILES string of the molecule is c1cc(-c2nc3c(-c4ccc(-c5ccc6ccccc6c5)cc4)nc4ccccc4n3n2)cc(-n2c3cccc4c3c3c5c(cccc5ccc32)-c2ccccc2-4)c1. The molecule has 5 heteroatoms.